The van der Waals surface area contributed by atoms with Crippen LogP contribution < -0.4 is 5.73 Å². The zero-order valence-corrected chi connectivity index (χ0v) is 11.9. The van der Waals surface area contributed by atoms with Crippen LogP contribution in [-0.4, -0.2) is 5.91 Å². The number of halogens is 2. The molecule has 0 aromatic heterocycles. The van der Waals surface area contributed by atoms with Crippen molar-refractivity contribution in [2.45, 2.75) is 12.3 Å². The molecule has 2 nitrogen and oxygen atoms in total. The van der Waals surface area contributed by atoms with Gasteiger partial charge in [-0.05, 0) is 42.3 Å². The van der Waals surface area contributed by atoms with Crippen molar-refractivity contribution in [1.82, 2.24) is 0 Å². The van der Waals surface area contributed by atoms with Crippen molar-refractivity contribution in [3.05, 3.63) is 69.7 Å². The Hall–Kier alpha value is -1.51. The molecule has 1 amide bonds. The average Bonchev–Trinajstić information content (AvgIpc) is 2.39. The van der Waals surface area contributed by atoms with Gasteiger partial charge in [0.25, 0.3) is 0 Å². The van der Waals surface area contributed by atoms with Crippen LogP contribution in [0.4, 0.5) is 0 Å². The Morgan fingerprint density at radius 2 is 1.21 bits per heavy atom. The molecule has 0 saturated carbocycles. The van der Waals surface area contributed by atoms with Crippen molar-refractivity contribution >= 4 is 29.1 Å². The van der Waals surface area contributed by atoms with Gasteiger partial charge in [0.1, 0.15) is 0 Å². The van der Waals surface area contributed by atoms with E-state index in [9.17, 15) is 4.79 Å². The maximum atomic E-state index is 11.9. The Bertz CT molecular complexity index is 545. The van der Waals surface area contributed by atoms with E-state index in [-0.39, 0.29) is 0 Å². The minimum Gasteiger partial charge on any atom is -0.369 e. The third-order valence-electron chi connectivity index (χ3n) is 3.34. The van der Waals surface area contributed by atoms with Crippen molar-refractivity contribution in [3.8, 4) is 0 Å². The second-order valence-corrected chi connectivity index (χ2v) is 5.38. The van der Waals surface area contributed by atoms with Gasteiger partial charge in [0, 0.05) is 10.0 Å². The highest BCUT2D eigenvalue weighted by atomic mass is 35.5. The molecule has 98 valence electrons. The van der Waals surface area contributed by atoms with E-state index >= 15 is 0 Å². The van der Waals surface area contributed by atoms with Gasteiger partial charge in [-0.25, -0.2) is 0 Å². The zero-order chi connectivity index (χ0) is 14.0. The lowest BCUT2D eigenvalue weighted by atomic mass is 9.75. The third kappa shape index (κ3) is 2.60. The van der Waals surface area contributed by atoms with Crippen molar-refractivity contribution < 1.29 is 4.79 Å². The van der Waals surface area contributed by atoms with Gasteiger partial charge in [-0.15, -0.1) is 0 Å². The maximum absolute atomic E-state index is 11.9. The largest absolute Gasteiger partial charge is 0.369 e. The second kappa shape index (κ2) is 5.24. The lowest BCUT2D eigenvalue weighted by Crippen LogP contribution is -2.39. The van der Waals surface area contributed by atoms with Crippen LogP contribution in [0.2, 0.25) is 10.0 Å². The van der Waals surface area contributed by atoms with E-state index < -0.39 is 11.3 Å². The molecule has 0 fully saturated rings. The summed E-state index contributed by atoms with van der Waals surface area (Å²) in [4.78, 5) is 11.9. The van der Waals surface area contributed by atoms with Crippen LogP contribution in [0.25, 0.3) is 0 Å². The molecule has 4 heteroatoms. The number of amides is 1. The summed E-state index contributed by atoms with van der Waals surface area (Å²) in [6.07, 6.45) is 0. The molecule has 2 rings (SSSR count). The monoisotopic (exact) mass is 293 g/mol. The SMILES string of the molecule is CC(C(N)=O)(c1ccc(Cl)cc1)c1ccc(Cl)cc1. The Labute approximate surface area is 122 Å². The van der Waals surface area contributed by atoms with Gasteiger partial charge >= 0.3 is 0 Å². The molecule has 0 radical (unpaired) electrons. The predicted molar refractivity (Wildman–Crippen MR) is 78.6 cm³/mol. The van der Waals surface area contributed by atoms with Crippen LogP contribution in [0.1, 0.15) is 18.1 Å². The fraction of sp³-hybridized carbons (Fsp3) is 0.133. The molecule has 0 bridgehead atoms. The first-order valence-corrected chi connectivity index (χ1v) is 6.52. The summed E-state index contributed by atoms with van der Waals surface area (Å²) in [5.41, 5.74) is 6.29. The summed E-state index contributed by atoms with van der Waals surface area (Å²) < 4.78 is 0. The fourth-order valence-electron chi connectivity index (χ4n) is 2.02. The molecule has 2 aromatic carbocycles. The topological polar surface area (TPSA) is 43.1 Å². The number of hydrogen-bond donors (Lipinski definition) is 1. The first-order valence-electron chi connectivity index (χ1n) is 5.76. The lowest BCUT2D eigenvalue weighted by Gasteiger charge is -2.27. The first-order chi connectivity index (χ1) is 8.94. The number of hydrogen-bond acceptors (Lipinski definition) is 1. The maximum Gasteiger partial charge on any atom is 0.232 e. The Balaban J connectivity index is 2.57. The number of carbonyl (C=O) groups excluding carboxylic acids is 1. The second-order valence-electron chi connectivity index (χ2n) is 4.50. The summed E-state index contributed by atoms with van der Waals surface area (Å²) in [6.45, 7) is 1.79. The van der Waals surface area contributed by atoms with Gasteiger partial charge < -0.3 is 5.73 Å². The highest BCUT2D eigenvalue weighted by Gasteiger charge is 2.35. The molecule has 0 aliphatic rings. The molecule has 0 saturated heterocycles. The van der Waals surface area contributed by atoms with Crippen molar-refractivity contribution in [2.24, 2.45) is 5.73 Å². The van der Waals surface area contributed by atoms with E-state index in [0.717, 1.165) is 11.1 Å². The molecule has 2 N–H and O–H groups in total. The third-order valence-corrected chi connectivity index (χ3v) is 3.84. The van der Waals surface area contributed by atoms with E-state index in [1.807, 2.05) is 24.3 Å². The lowest BCUT2D eigenvalue weighted by molar-refractivity contribution is -0.121. The van der Waals surface area contributed by atoms with Crippen molar-refractivity contribution in [3.63, 3.8) is 0 Å². The normalized spacial score (nSPS) is 11.3. The summed E-state index contributed by atoms with van der Waals surface area (Å²) >= 11 is 11.7. The average molecular weight is 294 g/mol. The van der Waals surface area contributed by atoms with E-state index in [0.29, 0.717) is 10.0 Å². The van der Waals surface area contributed by atoms with Crippen molar-refractivity contribution in [2.75, 3.05) is 0 Å². The quantitative estimate of drug-likeness (QED) is 0.919. The number of benzene rings is 2. The van der Waals surface area contributed by atoms with Gasteiger partial charge in [-0.2, -0.15) is 0 Å². The predicted octanol–water partition coefficient (Wildman–Crippen LogP) is 3.78. The molecule has 0 aliphatic carbocycles. The number of rotatable bonds is 3. The molecule has 0 atom stereocenters. The van der Waals surface area contributed by atoms with Gasteiger partial charge in [0.2, 0.25) is 5.91 Å². The van der Waals surface area contributed by atoms with Crippen LogP contribution in [0, 0.1) is 0 Å². The Kier molecular flexibility index (Phi) is 3.83. The first kappa shape index (κ1) is 13.9. The van der Waals surface area contributed by atoms with E-state index in [1.54, 1.807) is 31.2 Å². The molecular weight excluding hydrogens is 281 g/mol. The van der Waals surface area contributed by atoms with Gasteiger partial charge in [0.15, 0.2) is 0 Å². The minimum atomic E-state index is -0.908. The van der Waals surface area contributed by atoms with Crippen LogP contribution >= 0.6 is 23.2 Å². The number of nitrogens with two attached hydrogens (primary N) is 1. The van der Waals surface area contributed by atoms with Gasteiger partial charge in [-0.3, -0.25) is 4.79 Å². The summed E-state index contributed by atoms with van der Waals surface area (Å²) in [7, 11) is 0. The van der Waals surface area contributed by atoms with Gasteiger partial charge in [0.05, 0.1) is 5.41 Å². The van der Waals surface area contributed by atoms with Crippen LogP contribution in [0.5, 0.6) is 0 Å². The molecule has 0 aliphatic heterocycles. The molecular formula is C15H13Cl2NO. The fourth-order valence-corrected chi connectivity index (χ4v) is 2.27. The van der Waals surface area contributed by atoms with Gasteiger partial charge in [-0.1, -0.05) is 47.5 Å². The molecule has 0 spiro atoms. The molecule has 19 heavy (non-hydrogen) atoms. The highest BCUT2D eigenvalue weighted by Crippen LogP contribution is 2.33. The van der Waals surface area contributed by atoms with Crippen LogP contribution in [0.15, 0.2) is 48.5 Å². The van der Waals surface area contributed by atoms with E-state index in [4.69, 9.17) is 28.9 Å². The standard InChI is InChI=1S/C15H13Cl2NO/c1-15(14(18)19,10-2-6-12(16)7-3-10)11-4-8-13(17)9-5-11/h2-9H,1H3,(H2,18,19). The summed E-state index contributed by atoms with van der Waals surface area (Å²) in [6, 6.07) is 14.2. The zero-order valence-electron chi connectivity index (χ0n) is 10.4. The molecule has 0 unspecified atom stereocenters. The number of carbonyl (C=O) groups is 1. The molecule has 2 aromatic rings. The van der Waals surface area contributed by atoms with Crippen LogP contribution in [0.3, 0.4) is 0 Å². The summed E-state index contributed by atoms with van der Waals surface area (Å²) in [5, 5.41) is 1.23. The van der Waals surface area contributed by atoms with Crippen molar-refractivity contribution in [1.29, 1.82) is 0 Å². The summed E-state index contributed by atoms with van der Waals surface area (Å²) in [5.74, 6) is -0.419. The van der Waals surface area contributed by atoms with E-state index in [1.165, 1.54) is 0 Å². The molecule has 0 heterocycles. The van der Waals surface area contributed by atoms with E-state index in [2.05, 4.69) is 0 Å². The number of primary amides is 1. The smallest absolute Gasteiger partial charge is 0.232 e. The highest BCUT2D eigenvalue weighted by molar-refractivity contribution is 6.30. The minimum absolute atomic E-state index is 0.419. The Morgan fingerprint density at radius 1 is 0.895 bits per heavy atom. The Morgan fingerprint density at radius 3 is 1.47 bits per heavy atom. The van der Waals surface area contributed by atoms with Crippen LogP contribution in [-0.2, 0) is 10.2 Å².